The summed E-state index contributed by atoms with van der Waals surface area (Å²) in [4.78, 5) is 23.9. The first-order valence-corrected chi connectivity index (χ1v) is 8.56. The standard InChI is InChI=1S/C18H15Cl2NO5/c19-11-5-6-14(20)13(7-11)18(23)25-10-17(22)21-8-12-9-24-15-3-1-2-4-16(15)26-12/h1-7,12H,8-10H2,(H,21,22). The van der Waals surface area contributed by atoms with Crippen molar-refractivity contribution in [3.05, 3.63) is 58.1 Å². The third-order valence-electron chi connectivity index (χ3n) is 3.58. The van der Waals surface area contributed by atoms with E-state index in [1.165, 1.54) is 12.1 Å². The molecule has 26 heavy (non-hydrogen) atoms. The average molecular weight is 396 g/mol. The number of nitrogens with one attached hydrogen (secondary N) is 1. The SMILES string of the molecule is O=C(COC(=O)c1cc(Cl)ccc1Cl)NCC1COc2ccccc2O1. The lowest BCUT2D eigenvalue weighted by molar-refractivity contribution is -0.124. The van der Waals surface area contributed by atoms with Crippen molar-refractivity contribution >= 4 is 35.1 Å². The molecule has 0 spiro atoms. The summed E-state index contributed by atoms with van der Waals surface area (Å²) in [6.45, 7) is 0.101. The van der Waals surface area contributed by atoms with Gasteiger partial charge < -0.3 is 19.5 Å². The molecule has 1 aliphatic rings. The van der Waals surface area contributed by atoms with E-state index < -0.39 is 18.5 Å². The van der Waals surface area contributed by atoms with E-state index in [1.54, 1.807) is 12.1 Å². The van der Waals surface area contributed by atoms with Gasteiger partial charge in [0.1, 0.15) is 12.7 Å². The van der Waals surface area contributed by atoms with Crippen LogP contribution in [-0.4, -0.2) is 37.7 Å². The zero-order valence-electron chi connectivity index (χ0n) is 13.5. The van der Waals surface area contributed by atoms with Crippen molar-refractivity contribution in [2.24, 2.45) is 0 Å². The highest BCUT2D eigenvalue weighted by molar-refractivity contribution is 6.35. The van der Waals surface area contributed by atoms with E-state index in [0.29, 0.717) is 23.1 Å². The molecule has 0 saturated carbocycles. The Bertz CT molecular complexity index is 827. The number of hydrogen-bond donors (Lipinski definition) is 1. The van der Waals surface area contributed by atoms with Crippen LogP contribution in [-0.2, 0) is 9.53 Å². The molecular weight excluding hydrogens is 381 g/mol. The van der Waals surface area contributed by atoms with Gasteiger partial charge in [-0.1, -0.05) is 35.3 Å². The smallest absolute Gasteiger partial charge is 0.340 e. The second-order valence-corrected chi connectivity index (χ2v) is 6.35. The number of carbonyl (C=O) groups is 2. The molecule has 0 aromatic heterocycles. The van der Waals surface area contributed by atoms with Gasteiger partial charge in [0.2, 0.25) is 0 Å². The Morgan fingerprint density at radius 2 is 1.92 bits per heavy atom. The summed E-state index contributed by atoms with van der Waals surface area (Å²) >= 11 is 11.7. The first-order chi connectivity index (χ1) is 12.5. The Labute approximate surface area is 159 Å². The van der Waals surface area contributed by atoms with Crippen molar-refractivity contribution in [2.45, 2.75) is 6.10 Å². The van der Waals surface area contributed by atoms with Crippen LogP contribution >= 0.6 is 23.2 Å². The first kappa shape index (κ1) is 18.4. The highest BCUT2D eigenvalue weighted by Crippen LogP contribution is 2.30. The molecule has 1 N–H and O–H groups in total. The van der Waals surface area contributed by atoms with Gasteiger partial charge in [0.15, 0.2) is 18.1 Å². The fourth-order valence-electron chi connectivity index (χ4n) is 2.31. The molecule has 2 aromatic rings. The summed E-state index contributed by atoms with van der Waals surface area (Å²) in [5.41, 5.74) is 0.104. The number of carbonyl (C=O) groups excluding carboxylic acids is 2. The van der Waals surface area contributed by atoms with Gasteiger partial charge in [-0.2, -0.15) is 0 Å². The highest BCUT2D eigenvalue weighted by Gasteiger charge is 2.21. The predicted molar refractivity (Wildman–Crippen MR) is 96.1 cm³/mol. The summed E-state index contributed by atoms with van der Waals surface area (Å²) in [5.74, 6) is 0.111. The molecule has 1 unspecified atom stereocenters. The summed E-state index contributed by atoms with van der Waals surface area (Å²) in [7, 11) is 0. The minimum absolute atomic E-state index is 0.104. The van der Waals surface area contributed by atoms with Crippen LogP contribution in [0.1, 0.15) is 10.4 Å². The monoisotopic (exact) mass is 395 g/mol. The third-order valence-corrected chi connectivity index (χ3v) is 4.14. The van der Waals surface area contributed by atoms with E-state index in [9.17, 15) is 9.59 Å². The van der Waals surface area contributed by atoms with Crippen molar-refractivity contribution < 1.29 is 23.8 Å². The van der Waals surface area contributed by atoms with Crippen molar-refractivity contribution in [3.8, 4) is 11.5 Å². The number of benzene rings is 2. The van der Waals surface area contributed by atoms with E-state index in [-0.39, 0.29) is 23.2 Å². The molecule has 0 fully saturated rings. The van der Waals surface area contributed by atoms with Gasteiger partial charge in [0.25, 0.3) is 5.91 Å². The largest absolute Gasteiger partial charge is 0.486 e. The lowest BCUT2D eigenvalue weighted by Gasteiger charge is -2.26. The van der Waals surface area contributed by atoms with Gasteiger partial charge in [0, 0.05) is 5.02 Å². The Kier molecular flexibility index (Phi) is 5.85. The van der Waals surface area contributed by atoms with Crippen LogP contribution in [0.2, 0.25) is 10.0 Å². The van der Waals surface area contributed by atoms with Crippen LogP contribution in [0.3, 0.4) is 0 Å². The molecule has 3 rings (SSSR count). The molecular formula is C18H15Cl2NO5. The van der Waals surface area contributed by atoms with Gasteiger partial charge in [-0.05, 0) is 30.3 Å². The van der Waals surface area contributed by atoms with Gasteiger partial charge in [-0.15, -0.1) is 0 Å². The molecule has 0 saturated heterocycles. The van der Waals surface area contributed by atoms with Crippen LogP contribution in [0, 0.1) is 0 Å². The number of para-hydroxylation sites is 2. The number of esters is 1. The maximum absolute atomic E-state index is 12.0. The van der Waals surface area contributed by atoms with E-state index >= 15 is 0 Å². The Hall–Kier alpha value is -2.44. The number of hydrogen-bond acceptors (Lipinski definition) is 5. The number of ether oxygens (including phenoxy) is 3. The number of fused-ring (bicyclic) bond motifs is 1. The topological polar surface area (TPSA) is 73.9 Å². The lowest BCUT2D eigenvalue weighted by atomic mass is 10.2. The third kappa shape index (κ3) is 4.59. The molecule has 1 amide bonds. The van der Waals surface area contributed by atoms with Gasteiger partial charge >= 0.3 is 5.97 Å². The molecule has 2 aromatic carbocycles. The first-order valence-electron chi connectivity index (χ1n) is 7.80. The van der Waals surface area contributed by atoms with E-state index in [1.807, 2.05) is 18.2 Å². The molecule has 6 nitrogen and oxygen atoms in total. The second-order valence-electron chi connectivity index (χ2n) is 5.50. The van der Waals surface area contributed by atoms with Crippen LogP contribution in [0.15, 0.2) is 42.5 Å². The van der Waals surface area contributed by atoms with Crippen molar-refractivity contribution in [3.63, 3.8) is 0 Å². The summed E-state index contributed by atoms with van der Waals surface area (Å²) in [5, 5.41) is 3.18. The van der Waals surface area contributed by atoms with Crippen LogP contribution in [0.4, 0.5) is 0 Å². The fourth-order valence-corrected chi connectivity index (χ4v) is 2.67. The highest BCUT2D eigenvalue weighted by atomic mass is 35.5. The molecule has 1 atom stereocenters. The van der Waals surface area contributed by atoms with Crippen molar-refractivity contribution in [2.75, 3.05) is 19.8 Å². The maximum Gasteiger partial charge on any atom is 0.340 e. The Morgan fingerprint density at radius 3 is 2.73 bits per heavy atom. The van der Waals surface area contributed by atoms with Gasteiger partial charge in [-0.3, -0.25) is 4.79 Å². The lowest BCUT2D eigenvalue weighted by Crippen LogP contribution is -2.42. The zero-order valence-corrected chi connectivity index (χ0v) is 15.0. The molecule has 0 aliphatic carbocycles. The molecule has 1 aliphatic heterocycles. The normalized spacial score (nSPS) is 15.2. The summed E-state index contributed by atoms with van der Waals surface area (Å²) in [6, 6.07) is 11.7. The van der Waals surface area contributed by atoms with E-state index in [4.69, 9.17) is 37.4 Å². The second kappa shape index (κ2) is 8.29. The molecule has 8 heteroatoms. The number of halogens is 2. The molecule has 0 radical (unpaired) electrons. The summed E-state index contributed by atoms with van der Waals surface area (Å²) < 4.78 is 16.2. The van der Waals surface area contributed by atoms with Crippen LogP contribution in [0.25, 0.3) is 0 Å². The number of rotatable bonds is 5. The van der Waals surface area contributed by atoms with Crippen molar-refractivity contribution in [1.29, 1.82) is 0 Å². The zero-order chi connectivity index (χ0) is 18.5. The van der Waals surface area contributed by atoms with Crippen molar-refractivity contribution in [1.82, 2.24) is 5.32 Å². The number of amides is 1. The molecule has 1 heterocycles. The van der Waals surface area contributed by atoms with Gasteiger partial charge in [0.05, 0.1) is 17.1 Å². The quantitative estimate of drug-likeness (QED) is 0.787. The molecule has 136 valence electrons. The van der Waals surface area contributed by atoms with E-state index in [2.05, 4.69) is 5.32 Å². The minimum Gasteiger partial charge on any atom is -0.486 e. The maximum atomic E-state index is 12.0. The predicted octanol–water partition coefficient (Wildman–Crippen LogP) is 3.11. The average Bonchev–Trinajstić information content (AvgIpc) is 2.66. The van der Waals surface area contributed by atoms with Crippen LogP contribution in [0.5, 0.6) is 11.5 Å². The molecule has 0 bridgehead atoms. The van der Waals surface area contributed by atoms with Gasteiger partial charge in [-0.25, -0.2) is 4.79 Å². The van der Waals surface area contributed by atoms with Crippen LogP contribution < -0.4 is 14.8 Å². The Morgan fingerprint density at radius 1 is 1.15 bits per heavy atom. The van der Waals surface area contributed by atoms with E-state index in [0.717, 1.165) is 0 Å². The Balaban J connectivity index is 1.45. The summed E-state index contributed by atoms with van der Waals surface area (Å²) in [6.07, 6.45) is -0.327. The minimum atomic E-state index is -0.723. The fraction of sp³-hybridized carbons (Fsp3) is 0.222.